The normalized spacial score (nSPS) is 13.4. The number of carbonyl (C=O) groups is 3. The van der Waals surface area contributed by atoms with Crippen molar-refractivity contribution in [2.75, 3.05) is 13.9 Å². The van der Waals surface area contributed by atoms with Gasteiger partial charge in [-0.05, 0) is 43.9 Å². The number of aromatic nitrogens is 1. The van der Waals surface area contributed by atoms with Crippen molar-refractivity contribution in [3.63, 3.8) is 0 Å². The number of halogens is 1. The van der Waals surface area contributed by atoms with E-state index < -0.39 is 42.7 Å². The minimum absolute atomic E-state index is 0.0228. The summed E-state index contributed by atoms with van der Waals surface area (Å²) >= 11 is 0. The fraction of sp³-hybridized carbons (Fsp3) is 0.500. The maximum atomic E-state index is 14.7. The number of carbonyl (C=O) groups excluding carboxylic acids is 3. The van der Waals surface area contributed by atoms with Gasteiger partial charge in [-0.2, -0.15) is 0 Å². The van der Waals surface area contributed by atoms with Crippen LogP contribution in [0.3, 0.4) is 0 Å². The molecular weight excluding hydrogens is 495 g/mol. The second kappa shape index (κ2) is 13.7. The summed E-state index contributed by atoms with van der Waals surface area (Å²) in [4.78, 5) is 41.7. The molecule has 1 aromatic heterocycles. The van der Waals surface area contributed by atoms with Crippen molar-refractivity contribution in [3.05, 3.63) is 53.1 Å². The van der Waals surface area contributed by atoms with Crippen molar-refractivity contribution in [1.82, 2.24) is 10.3 Å². The molecule has 0 unspecified atom stereocenters. The molecule has 208 valence electrons. The van der Waals surface area contributed by atoms with Gasteiger partial charge >= 0.3 is 11.9 Å². The Morgan fingerprint density at radius 3 is 2.29 bits per heavy atom. The molecule has 10 heteroatoms. The SMILES string of the molecule is COc1ccnc(C(=O)N[C@@H](C)C(=O)O[C@@H](C)[C@H](c2ccc(C)cc2F)C(C)C)c1OCOC(=O)C(C)C. The zero-order valence-electron chi connectivity index (χ0n) is 23.2. The molecule has 0 saturated carbocycles. The highest BCUT2D eigenvalue weighted by Crippen LogP contribution is 2.32. The van der Waals surface area contributed by atoms with Crippen LogP contribution in [0.1, 0.15) is 69.1 Å². The van der Waals surface area contributed by atoms with Gasteiger partial charge in [0, 0.05) is 18.2 Å². The average Bonchev–Trinajstić information content (AvgIpc) is 2.84. The Bertz CT molecular complexity index is 1140. The summed E-state index contributed by atoms with van der Waals surface area (Å²) in [5.41, 5.74) is 1.09. The van der Waals surface area contributed by atoms with Gasteiger partial charge in [0.05, 0.1) is 13.0 Å². The van der Waals surface area contributed by atoms with Gasteiger partial charge in [0.25, 0.3) is 5.91 Å². The quantitative estimate of drug-likeness (QED) is 0.313. The van der Waals surface area contributed by atoms with Crippen LogP contribution >= 0.6 is 0 Å². The zero-order valence-corrected chi connectivity index (χ0v) is 23.2. The number of benzene rings is 1. The minimum Gasteiger partial charge on any atom is -0.493 e. The summed E-state index contributed by atoms with van der Waals surface area (Å²) in [7, 11) is 1.38. The fourth-order valence-corrected chi connectivity index (χ4v) is 3.94. The molecule has 0 aliphatic rings. The third-order valence-corrected chi connectivity index (χ3v) is 5.92. The smallest absolute Gasteiger partial charge is 0.328 e. The van der Waals surface area contributed by atoms with Crippen molar-refractivity contribution in [1.29, 1.82) is 0 Å². The summed E-state index contributed by atoms with van der Waals surface area (Å²) in [6.07, 6.45) is 0.679. The van der Waals surface area contributed by atoms with Gasteiger partial charge in [-0.1, -0.05) is 39.8 Å². The van der Waals surface area contributed by atoms with Gasteiger partial charge in [-0.3, -0.25) is 9.59 Å². The van der Waals surface area contributed by atoms with E-state index >= 15 is 0 Å². The van der Waals surface area contributed by atoms with Crippen LogP contribution in [-0.4, -0.2) is 48.9 Å². The molecule has 3 atom stereocenters. The van der Waals surface area contributed by atoms with Crippen LogP contribution in [0.4, 0.5) is 4.39 Å². The van der Waals surface area contributed by atoms with Gasteiger partial charge < -0.3 is 24.3 Å². The molecule has 9 nitrogen and oxygen atoms in total. The first-order valence-corrected chi connectivity index (χ1v) is 12.5. The van der Waals surface area contributed by atoms with Crippen molar-refractivity contribution in [3.8, 4) is 11.5 Å². The van der Waals surface area contributed by atoms with Gasteiger partial charge in [0.1, 0.15) is 18.0 Å². The Kier molecular flexibility index (Phi) is 11.0. The predicted octanol–water partition coefficient (Wildman–Crippen LogP) is 4.56. The number of methoxy groups -OCH3 is 1. The summed E-state index contributed by atoms with van der Waals surface area (Å²) in [6, 6.07) is 5.40. The number of nitrogens with zero attached hydrogens (tertiary/aromatic N) is 1. The Balaban J connectivity index is 2.13. The largest absolute Gasteiger partial charge is 0.493 e. The number of pyridine rings is 1. The Morgan fingerprint density at radius 1 is 1.03 bits per heavy atom. The van der Waals surface area contributed by atoms with E-state index in [1.54, 1.807) is 33.8 Å². The molecule has 0 aliphatic carbocycles. The molecule has 1 amide bonds. The first-order valence-electron chi connectivity index (χ1n) is 12.5. The van der Waals surface area contributed by atoms with Crippen LogP contribution in [0.5, 0.6) is 11.5 Å². The van der Waals surface area contributed by atoms with Crippen LogP contribution in [-0.2, 0) is 19.1 Å². The lowest BCUT2D eigenvalue weighted by atomic mass is 9.83. The van der Waals surface area contributed by atoms with E-state index in [1.165, 1.54) is 32.4 Å². The minimum atomic E-state index is -1.06. The summed E-state index contributed by atoms with van der Waals surface area (Å²) in [5.74, 6) is -2.89. The van der Waals surface area contributed by atoms with Crippen LogP contribution in [0.25, 0.3) is 0 Å². The zero-order chi connectivity index (χ0) is 28.6. The lowest BCUT2D eigenvalue weighted by molar-refractivity contribution is -0.154. The lowest BCUT2D eigenvalue weighted by Gasteiger charge is -2.29. The highest BCUT2D eigenvalue weighted by molar-refractivity contribution is 5.98. The number of amides is 1. The third-order valence-electron chi connectivity index (χ3n) is 5.92. The van der Waals surface area contributed by atoms with Crippen molar-refractivity contribution < 1.29 is 37.7 Å². The fourth-order valence-electron chi connectivity index (χ4n) is 3.94. The Morgan fingerprint density at radius 2 is 1.71 bits per heavy atom. The first kappa shape index (κ1) is 30.5. The lowest BCUT2D eigenvalue weighted by Crippen LogP contribution is -2.42. The van der Waals surface area contributed by atoms with E-state index in [1.807, 2.05) is 19.9 Å². The van der Waals surface area contributed by atoms with Crippen molar-refractivity contribution in [2.24, 2.45) is 11.8 Å². The molecule has 1 heterocycles. The molecule has 1 aromatic carbocycles. The number of aryl methyl sites for hydroxylation is 1. The summed E-state index contributed by atoms with van der Waals surface area (Å²) in [5, 5.41) is 2.54. The molecule has 2 aromatic rings. The second-order valence-electron chi connectivity index (χ2n) is 9.70. The standard InChI is InChI=1S/C28H37FN2O7/c1-15(2)23(20-10-9-17(5)13-21(20)29)19(7)38-28(34)18(6)31-26(32)24-25(22(35-8)11-12-30-24)36-14-37-27(33)16(3)4/h9-13,15-16,18-19,23H,14H2,1-8H3,(H,31,32)/t18-,19-,23+/m0/s1. The molecule has 2 rings (SSSR count). The van der Waals surface area contributed by atoms with Gasteiger partial charge in [-0.25, -0.2) is 14.2 Å². The summed E-state index contributed by atoms with van der Waals surface area (Å²) < 4.78 is 36.1. The van der Waals surface area contributed by atoms with Crippen LogP contribution in [0.15, 0.2) is 30.5 Å². The number of nitrogens with one attached hydrogen (secondary N) is 1. The monoisotopic (exact) mass is 532 g/mol. The van der Waals surface area contributed by atoms with E-state index in [-0.39, 0.29) is 34.8 Å². The maximum absolute atomic E-state index is 14.7. The maximum Gasteiger partial charge on any atom is 0.328 e. The van der Waals surface area contributed by atoms with E-state index in [0.29, 0.717) is 5.56 Å². The van der Waals surface area contributed by atoms with Gasteiger partial charge in [-0.15, -0.1) is 0 Å². The second-order valence-corrected chi connectivity index (χ2v) is 9.70. The topological polar surface area (TPSA) is 113 Å². The van der Waals surface area contributed by atoms with Gasteiger partial charge in [0.2, 0.25) is 6.79 Å². The molecule has 0 aliphatic heterocycles. The Labute approximate surface area is 223 Å². The van der Waals surface area contributed by atoms with E-state index in [2.05, 4.69) is 10.3 Å². The number of ether oxygens (including phenoxy) is 4. The van der Waals surface area contributed by atoms with E-state index in [0.717, 1.165) is 5.56 Å². The van der Waals surface area contributed by atoms with Crippen molar-refractivity contribution in [2.45, 2.75) is 66.5 Å². The van der Waals surface area contributed by atoms with Crippen LogP contribution in [0.2, 0.25) is 0 Å². The molecular formula is C28H37FN2O7. The van der Waals surface area contributed by atoms with E-state index in [9.17, 15) is 18.8 Å². The number of hydrogen-bond donors (Lipinski definition) is 1. The molecule has 0 bridgehead atoms. The van der Waals surface area contributed by atoms with Crippen molar-refractivity contribution >= 4 is 17.8 Å². The number of hydrogen-bond acceptors (Lipinski definition) is 8. The highest BCUT2D eigenvalue weighted by atomic mass is 19.1. The summed E-state index contributed by atoms with van der Waals surface area (Å²) in [6.45, 7) is 11.7. The van der Waals surface area contributed by atoms with Crippen LogP contribution in [0, 0.1) is 24.6 Å². The molecule has 0 fully saturated rings. The van der Waals surface area contributed by atoms with E-state index in [4.69, 9.17) is 18.9 Å². The third kappa shape index (κ3) is 7.90. The number of rotatable bonds is 12. The molecule has 1 N–H and O–H groups in total. The molecule has 0 radical (unpaired) electrons. The first-order chi connectivity index (χ1) is 17.9. The number of esters is 2. The molecule has 0 saturated heterocycles. The van der Waals surface area contributed by atoms with Crippen LogP contribution < -0.4 is 14.8 Å². The highest BCUT2D eigenvalue weighted by Gasteiger charge is 2.31. The average molecular weight is 533 g/mol. The predicted molar refractivity (Wildman–Crippen MR) is 138 cm³/mol. The molecule has 0 spiro atoms. The molecule has 38 heavy (non-hydrogen) atoms. The Hall–Kier alpha value is -3.69. The van der Waals surface area contributed by atoms with Gasteiger partial charge in [0.15, 0.2) is 17.2 Å².